The average molecular weight is 450 g/mol. The Balaban J connectivity index is 0.00000192. The Morgan fingerprint density at radius 1 is 1.26 bits per heavy atom. The van der Waals surface area contributed by atoms with Gasteiger partial charge < -0.3 is 9.47 Å². The molecule has 1 heterocycles. The van der Waals surface area contributed by atoms with Gasteiger partial charge in [0.2, 0.25) is 0 Å². The molecule has 116 valence electrons. The van der Waals surface area contributed by atoms with E-state index >= 15 is 0 Å². The number of rotatable bonds is 5. The van der Waals surface area contributed by atoms with Crippen LogP contribution >= 0.6 is 11.8 Å². The van der Waals surface area contributed by atoms with E-state index < -0.39 is 0 Å². The van der Waals surface area contributed by atoms with Gasteiger partial charge in [-0.25, -0.2) is 11.0 Å². The van der Waals surface area contributed by atoms with Gasteiger partial charge in [-0.15, -0.1) is 5.92 Å². The molecule has 5 heteroatoms. The molecule has 0 saturated carbocycles. The van der Waals surface area contributed by atoms with Gasteiger partial charge in [0, 0.05) is 4.90 Å². The number of ether oxygens (including phenoxy) is 2. The number of hydrogen-bond donors (Lipinski definition) is 0. The predicted octanol–water partition coefficient (Wildman–Crippen LogP) is 2.05. The molecule has 0 radical (unpaired) electrons. The maximum atomic E-state index is 13.1. The van der Waals surface area contributed by atoms with Crippen molar-refractivity contribution in [2.24, 2.45) is 5.92 Å². The minimum absolute atomic E-state index is 0. The van der Waals surface area contributed by atoms with Crippen LogP contribution in [0.15, 0.2) is 53.4 Å². The first-order valence-electron chi connectivity index (χ1n) is 7.32. The zero-order valence-electron chi connectivity index (χ0n) is 13.4. The topological polar surface area (TPSA) is 18.5 Å². The molecule has 2 atom stereocenters. The summed E-state index contributed by atoms with van der Waals surface area (Å²) in [6, 6.07) is 14.4. The first-order valence-corrected chi connectivity index (χ1v) is 8.20. The van der Waals surface area contributed by atoms with Crippen LogP contribution in [0.5, 0.6) is 5.75 Å². The molecule has 0 N–H and O–H groups in total. The molecule has 1 saturated heterocycles. The quantitative estimate of drug-likeness (QED) is 0.650. The zero-order chi connectivity index (χ0) is 15.4. The molecule has 2 aromatic rings. The fourth-order valence-electron chi connectivity index (χ4n) is 2.29. The predicted molar refractivity (Wildman–Crippen MR) is 86.0 cm³/mol. The molecule has 3 rings (SSSR count). The van der Waals surface area contributed by atoms with Crippen LogP contribution in [0, 0.1) is 18.3 Å². The molecule has 0 aromatic heterocycles. The molecule has 0 spiro atoms. The molecule has 1 fully saturated rings. The van der Waals surface area contributed by atoms with Gasteiger partial charge in [-0.3, -0.25) is 0 Å². The third-order valence-electron chi connectivity index (χ3n) is 3.39. The summed E-state index contributed by atoms with van der Waals surface area (Å²) in [7, 11) is 0. The molecular formula is C18H18CsFO2S. The Labute approximate surface area is 199 Å². The fraction of sp³-hybridized carbons (Fsp3) is 0.278. The number of halogens is 1. The SMILES string of the molecule is C[C@H]1[CH-]OC(Sc2cccc(OCc3cccc(F)c3)c2)C1.[Cs+]. The summed E-state index contributed by atoms with van der Waals surface area (Å²) in [6.07, 6.45) is 1.03. The first-order chi connectivity index (χ1) is 10.7. The summed E-state index contributed by atoms with van der Waals surface area (Å²) >= 11 is 1.70. The molecule has 0 aliphatic carbocycles. The van der Waals surface area contributed by atoms with Crippen LogP contribution < -0.4 is 73.6 Å². The van der Waals surface area contributed by atoms with Crippen LogP contribution in [0.25, 0.3) is 0 Å². The molecule has 1 aliphatic rings. The van der Waals surface area contributed by atoms with Gasteiger partial charge in [0.05, 0.1) is 5.44 Å². The molecule has 23 heavy (non-hydrogen) atoms. The standard InChI is InChI=1S/C18H18FO2S.Cs/c1-13-8-18(21-11-13)22-17-7-3-6-16(10-17)20-12-14-4-2-5-15(19)9-14;/h2-7,9-11,13,18H,8,12H2,1H3;/q-1;+1/t13-,18?;/m1./s1. The summed E-state index contributed by atoms with van der Waals surface area (Å²) in [6.45, 7) is 4.41. The van der Waals surface area contributed by atoms with E-state index in [1.54, 1.807) is 17.8 Å². The van der Waals surface area contributed by atoms with Gasteiger partial charge in [-0.2, -0.15) is 0 Å². The van der Waals surface area contributed by atoms with Crippen LogP contribution in [0.2, 0.25) is 0 Å². The van der Waals surface area contributed by atoms with E-state index in [9.17, 15) is 4.39 Å². The van der Waals surface area contributed by atoms with Crippen molar-refractivity contribution in [2.75, 3.05) is 0 Å². The Bertz CT molecular complexity index is 638. The van der Waals surface area contributed by atoms with Crippen molar-refractivity contribution in [1.29, 1.82) is 0 Å². The van der Waals surface area contributed by atoms with E-state index in [1.165, 1.54) is 12.1 Å². The molecule has 2 nitrogen and oxygen atoms in total. The van der Waals surface area contributed by atoms with Gasteiger partial charge in [0.25, 0.3) is 0 Å². The summed E-state index contributed by atoms with van der Waals surface area (Å²) in [5.41, 5.74) is 0.995. The summed E-state index contributed by atoms with van der Waals surface area (Å²) in [5, 5.41) is 0. The van der Waals surface area contributed by atoms with Crippen molar-refractivity contribution in [1.82, 2.24) is 0 Å². The van der Waals surface area contributed by atoms with Crippen molar-refractivity contribution >= 4 is 11.8 Å². The van der Waals surface area contributed by atoms with Gasteiger partial charge in [-0.1, -0.05) is 36.9 Å². The average Bonchev–Trinajstić information content (AvgIpc) is 2.91. The van der Waals surface area contributed by atoms with E-state index in [0.717, 1.165) is 22.6 Å². The Morgan fingerprint density at radius 2 is 2.09 bits per heavy atom. The summed E-state index contributed by atoms with van der Waals surface area (Å²) in [4.78, 5) is 1.12. The van der Waals surface area contributed by atoms with Crippen LogP contribution in [0.3, 0.4) is 0 Å². The van der Waals surface area contributed by atoms with Crippen molar-refractivity contribution in [2.45, 2.75) is 30.3 Å². The second-order valence-electron chi connectivity index (χ2n) is 5.43. The van der Waals surface area contributed by atoms with E-state index in [4.69, 9.17) is 9.47 Å². The normalized spacial score (nSPS) is 20.1. The van der Waals surface area contributed by atoms with Crippen molar-refractivity contribution in [3.8, 4) is 5.75 Å². The molecule has 1 unspecified atom stereocenters. The van der Waals surface area contributed by atoms with Gasteiger partial charge >= 0.3 is 68.9 Å². The van der Waals surface area contributed by atoms with E-state index in [2.05, 4.69) is 6.92 Å². The number of hydrogen-bond acceptors (Lipinski definition) is 3. The molecule has 1 aliphatic heterocycles. The van der Waals surface area contributed by atoms with Gasteiger partial charge in [0.15, 0.2) is 0 Å². The third kappa shape index (κ3) is 6.40. The van der Waals surface area contributed by atoms with Crippen LogP contribution in [0.4, 0.5) is 4.39 Å². The Hall–Kier alpha value is 0.532. The Morgan fingerprint density at radius 3 is 2.83 bits per heavy atom. The summed E-state index contributed by atoms with van der Waals surface area (Å²) in [5.74, 6) is 1.04. The maximum absolute atomic E-state index is 13.1. The van der Waals surface area contributed by atoms with Gasteiger partial charge in [0.1, 0.15) is 18.2 Å². The van der Waals surface area contributed by atoms with Crippen molar-refractivity contribution < 1.29 is 82.8 Å². The molecule has 0 bridgehead atoms. The minimum Gasteiger partial charge on any atom is -0.542 e. The van der Waals surface area contributed by atoms with Crippen LogP contribution in [-0.2, 0) is 11.3 Å². The summed E-state index contributed by atoms with van der Waals surface area (Å²) < 4.78 is 24.5. The minimum atomic E-state index is -0.242. The third-order valence-corrected chi connectivity index (χ3v) is 4.49. The van der Waals surface area contributed by atoms with Gasteiger partial charge in [-0.05, 0) is 42.3 Å². The van der Waals surface area contributed by atoms with E-state index in [0.29, 0.717) is 12.5 Å². The first kappa shape index (κ1) is 19.9. The smallest absolute Gasteiger partial charge is 0.542 e. The Kier molecular flexibility index (Phi) is 8.52. The zero-order valence-corrected chi connectivity index (χ0v) is 20.5. The second kappa shape index (κ2) is 9.87. The van der Waals surface area contributed by atoms with E-state index in [-0.39, 0.29) is 80.1 Å². The molecule has 0 amide bonds. The number of benzene rings is 2. The van der Waals surface area contributed by atoms with Crippen molar-refractivity contribution in [3.05, 3.63) is 66.5 Å². The largest absolute Gasteiger partial charge is 1.00 e. The van der Waals surface area contributed by atoms with Crippen molar-refractivity contribution in [3.63, 3.8) is 0 Å². The fourth-order valence-corrected chi connectivity index (χ4v) is 3.46. The van der Waals surface area contributed by atoms with Crippen LogP contribution in [0.1, 0.15) is 18.9 Å². The monoisotopic (exact) mass is 450 g/mol. The maximum Gasteiger partial charge on any atom is 1.00 e. The van der Waals surface area contributed by atoms with Crippen LogP contribution in [-0.4, -0.2) is 5.44 Å². The second-order valence-corrected chi connectivity index (χ2v) is 6.66. The molecule has 2 aromatic carbocycles. The van der Waals surface area contributed by atoms with E-state index in [1.807, 2.05) is 36.9 Å². The number of thioether (sulfide) groups is 1. The molecular weight excluding hydrogens is 432 g/mol.